The Morgan fingerprint density at radius 2 is 1.88 bits per heavy atom. The number of aromatic nitrogens is 4. The maximum absolute atomic E-state index is 12.4. The third-order valence-corrected chi connectivity index (χ3v) is 4.50. The lowest BCUT2D eigenvalue weighted by Gasteiger charge is -2.12. The molecule has 7 nitrogen and oxygen atoms in total. The van der Waals surface area contributed by atoms with E-state index in [1.165, 1.54) is 9.13 Å². The molecule has 124 valence electrons. The molecule has 0 aliphatic carbocycles. The highest BCUT2D eigenvalue weighted by atomic mass is 32.1. The van der Waals surface area contributed by atoms with Gasteiger partial charge < -0.3 is 14.7 Å². The van der Waals surface area contributed by atoms with Gasteiger partial charge in [-0.25, -0.2) is 4.98 Å². The summed E-state index contributed by atoms with van der Waals surface area (Å²) in [4.78, 5) is 31.5. The second kappa shape index (κ2) is 6.14. The van der Waals surface area contributed by atoms with Crippen molar-refractivity contribution in [2.24, 2.45) is 14.1 Å². The first-order valence-corrected chi connectivity index (χ1v) is 7.73. The van der Waals surface area contributed by atoms with Crippen molar-refractivity contribution >= 4 is 23.4 Å². The highest BCUT2D eigenvalue weighted by Gasteiger charge is 2.16. The lowest BCUT2D eigenvalue weighted by Crippen LogP contribution is -2.28. The minimum Gasteiger partial charge on any atom is -0.388 e. The van der Waals surface area contributed by atoms with Gasteiger partial charge >= 0.3 is 0 Å². The highest BCUT2D eigenvalue weighted by molar-refractivity contribution is 7.71. The molecule has 2 heterocycles. The van der Waals surface area contributed by atoms with E-state index in [1.807, 2.05) is 6.07 Å². The van der Waals surface area contributed by atoms with Crippen molar-refractivity contribution in [3.05, 3.63) is 67.1 Å². The summed E-state index contributed by atoms with van der Waals surface area (Å²) in [6, 6.07) is 8.98. The van der Waals surface area contributed by atoms with Gasteiger partial charge in [-0.1, -0.05) is 30.3 Å². The summed E-state index contributed by atoms with van der Waals surface area (Å²) in [5, 5.41) is 10.3. The molecule has 3 aromatic rings. The number of hydrogen-bond acceptors (Lipinski definition) is 5. The lowest BCUT2D eigenvalue weighted by atomic mass is 10.1. The number of hydrogen-bond donors (Lipinski definition) is 2. The van der Waals surface area contributed by atoms with Crippen LogP contribution in [0.25, 0.3) is 11.2 Å². The zero-order valence-corrected chi connectivity index (χ0v) is 14.0. The van der Waals surface area contributed by atoms with Crippen molar-refractivity contribution in [3.8, 4) is 0 Å². The molecular formula is C16H16N4O3S. The van der Waals surface area contributed by atoms with Gasteiger partial charge in [0.1, 0.15) is 11.3 Å². The van der Waals surface area contributed by atoms with Gasteiger partial charge in [-0.05, 0) is 17.8 Å². The van der Waals surface area contributed by atoms with Crippen LogP contribution in [-0.2, 0) is 20.5 Å². The third kappa shape index (κ3) is 2.70. The molecule has 0 fully saturated rings. The van der Waals surface area contributed by atoms with Gasteiger partial charge in [0, 0.05) is 20.5 Å². The Labute approximate surface area is 141 Å². The number of aliphatic hydroxyl groups excluding tert-OH is 1. The Kier molecular flexibility index (Phi) is 4.16. The average Bonchev–Trinajstić information content (AvgIpc) is 2.60. The number of nitrogens with one attached hydrogen (secondary N) is 1. The number of aliphatic hydroxyl groups is 1. The summed E-state index contributed by atoms with van der Waals surface area (Å²) in [7, 11) is 3.20. The maximum atomic E-state index is 12.4. The molecule has 0 bridgehead atoms. The van der Waals surface area contributed by atoms with Crippen LogP contribution in [0.3, 0.4) is 0 Å². The predicted molar refractivity (Wildman–Crippen MR) is 92.5 cm³/mol. The van der Waals surface area contributed by atoms with Gasteiger partial charge in [0.15, 0.2) is 10.3 Å². The molecule has 0 aliphatic heterocycles. The van der Waals surface area contributed by atoms with E-state index in [0.29, 0.717) is 5.56 Å². The molecule has 2 N–H and O–H groups in total. The summed E-state index contributed by atoms with van der Waals surface area (Å²) in [6.07, 6.45) is -0.870. The molecule has 0 aliphatic rings. The Bertz CT molecular complexity index is 1080. The number of rotatable bonds is 3. The van der Waals surface area contributed by atoms with E-state index < -0.39 is 11.7 Å². The van der Waals surface area contributed by atoms with Crippen LogP contribution in [0, 0.1) is 4.77 Å². The van der Waals surface area contributed by atoms with E-state index in [1.54, 1.807) is 38.4 Å². The van der Waals surface area contributed by atoms with E-state index in [0.717, 1.165) is 0 Å². The number of benzene rings is 1. The van der Waals surface area contributed by atoms with Gasteiger partial charge in [-0.15, -0.1) is 0 Å². The van der Waals surface area contributed by atoms with E-state index in [4.69, 9.17) is 12.2 Å². The van der Waals surface area contributed by atoms with Gasteiger partial charge in [-0.3, -0.25) is 14.2 Å². The van der Waals surface area contributed by atoms with Crippen LogP contribution in [0.2, 0.25) is 0 Å². The fourth-order valence-electron chi connectivity index (χ4n) is 2.55. The third-order valence-electron chi connectivity index (χ3n) is 3.95. The first-order valence-electron chi connectivity index (χ1n) is 7.32. The van der Waals surface area contributed by atoms with Gasteiger partial charge in [0.05, 0.1) is 6.10 Å². The average molecular weight is 344 g/mol. The molecule has 1 atom stereocenters. The number of aromatic amines is 1. The van der Waals surface area contributed by atoms with Crippen LogP contribution < -0.4 is 11.1 Å². The van der Waals surface area contributed by atoms with Gasteiger partial charge in [0.2, 0.25) is 0 Å². The molecular weight excluding hydrogens is 328 g/mol. The van der Waals surface area contributed by atoms with Crippen LogP contribution in [0.4, 0.5) is 0 Å². The zero-order chi connectivity index (χ0) is 17.4. The zero-order valence-electron chi connectivity index (χ0n) is 13.2. The SMILES string of the molecule is Cn1c(=O)c2nc(CC(O)c3ccccc3)c(=O)[nH]c2n(C)c1=S. The summed E-state index contributed by atoms with van der Waals surface area (Å²) < 4.78 is 3.10. The maximum Gasteiger partial charge on any atom is 0.282 e. The molecule has 8 heteroatoms. The number of aryl methyl sites for hydroxylation is 1. The molecule has 0 saturated heterocycles. The quantitative estimate of drug-likeness (QED) is 0.691. The molecule has 0 radical (unpaired) electrons. The Morgan fingerprint density at radius 1 is 1.21 bits per heavy atom. The molecule has 0 saturated carbocycles. The van der Waals surface area contributed by atoms with Crippen molar-refractivity contribution in [2.45, 2.75) is 12.5 Å². The van der Waals surface area contributed by atoms with E-state index in [-0.39, 0.29) is 33.6 Å². The van der Waals surface area contributed by atoms with Crippen LogP contribution in [0.15, 0.2) is 39.9 Å². The minimum atomic E-state index is -0.881. The molecule has 0 amide bonds. The van der Waals surface area contributed by atoms with Crippen LogP contribution >= 0.6 is 12.2 Å². The monoisotopic (exact) mass is 344 g/mol. The fraction of sp³-hybridized carbons (Fsp3) is 0.250. The first kappa shape index (κ1) is 16.3. The number of nitrogens with zero attached hydrogens (tertiary/aromatic N) is 3. The summed E-state index contributed by atoms with van der Waals surface area (Å²) in [6.45, 7) is 0. The largest absolute Gasteiger partial charge is 0.388 e. The second-order valence-corrected chi connectivity index (χ2v) is 5.91. The van der Waals surface area contributed by atoms with Crippen molar-refractivity contribution < 1.29 is 5.11 Å². The second-order valence-electron chi connectivity index (χ2n) is 5.55. The molecule has 1 unspecified atom stereocenters. The van der Waals surface area contributed by atoms with Gasteiger partial charge in [-0.2, -0.15) is 0 Å². The van der Waals surface area contributed by atoms with Crippen molar-refractivity contribution in [2.75, 3.05) is 0 Å². The van der Waals surface area contributed by atoms with E-state index in [2.05, 4.69) is 9.97 Å². The smallest absolute Gasteiger partial charge is 0.282 e. The van der Waals surface area contributed by atoms with Crippen molar-refractivity contribution in [1.82, 2.24) is 19.1 Å². The minimum absolute atomic E-state index is 0.0117. The lowest BCUT2D eigenvalue weighted by molar-refractivity contribution is 0.177. The fourth-order valence-corrected chi connectivity index (χ4v) is 2.72. The van der Waals surface area contributed by atoms with Crippen LogP contribution in [0.1, 0.15) is 17.4 Å². The van der Waals surface area contributed by atoms with Crippen molar-refractivity contribution in [3.63, 3.8) is 0 Å². The standard InChI is InChI=1S/C16H16N4O3S/c1-19-13-12(15(23)20(2)16(19)24)17-10(14(22)18-13)8-11(21)9-6-4-3-5-7-9/h3-7,11,21H,8H2,1-2H3,(H,18,22). The number of H-pyrrole nitrogens is 1. The molecule has 2 aromatic heterocycles. The first-order chi connectivity index (χ1) is 11.4. The molecule has 3 rings (SSSR count). The van der Waals surface area contributed by atoms with E-state index in [9.17, 15) is 14.7 Å². The van der Waals surface area contributed by atoms with Crippen LogP contribution in [-0.4, -0.2) is 24.2 Å². The summed E-state index contributed by atoms with van der Waals surface area (Å²) in [5.74, 6) is 0. The summed E-state index contributed by atoms with van der Waals surface area (Å²) in [5.41, 5.74) is 0.330. The Morgan fingerprint density at radius 3 is 2.54 bits per heavy atom. The summed E-state index contributed by atoms with van der Waals surface area (Å²) >= 11 is 5.16. The Balaban J connectivity index is 2.14. The predicted octanol–water partition coefficient (Wildman–Crippen LogP) is 0.966. The van der Waals surface area contributed by atoms with Crippen molar-refractivity contribution in [1.29, 1.82) is 0 Å². The molecule has 1 aromatic carbocycles. The van der Waals surface area contributed by atoms with E-state index >= 15 is 0 Å². The van der Waals surface area contributed by atoms with Crippen LogP contribution in [0.5, 0.6) is 0 Å². The molecule has 24 heavy (non-hydrogen) atoms. The topological polar surface area (TPSA) is 92.9 Å². The highest BCUT2D eigenvalue weighted by Crippen LogP contribution is 2.15. The normalized spacial score (nSPS) is 12.5. The number of fused-ring (bicyclic) bond motifs is 1. The van der Waals surface area contributed by atoms with Gasteiger partial charge in [0.25, 0.3) is 11.1 Å². The Hall–Kier alpha value is -2.58. The molecule has 0 spiro atoms.